The van der Waals surface area contributed by atoms with E-state index in [0.717, 1.165) is 25.7 Å². The number of hydrogen-bond acceptors (Lipinski definition) is 7. The van der Waals surface area contributed by atoms with E-state index < -0.39 is 18.1 Å². The van der Waals surface area contributed by atoms with Crippen LogP contribution >= 0.6 is 0 Å². The van der Waals surface area contributed by atoms with Gasteiger partial charge in [0, 0.05) is 45.6 Å². The van der Waals surface area contributed by atoms with Gasteiger partial charge in [0.2, 0.25) is 0 Å². The Morgan fingerprint density at radius 1 is 1.42 bits per heavy atom. The van der Waals surface area contributed by atoms with Crippen molar-refractivity contribution in [2.75, 3.05) is 19.5 Å². The van der Waals surface area contributed by atoms with Gasteiger partial charge in [-0.15, -0.1) is 0 Å². The second-order valence-corrected chi connectivity index (χ2v) is 9.69. The number of hydrogen-bond donors (Lipinski definition) is 3. The molecule has 4 atom stereocenters. The molecular weight excluding hydrogens is 465 g/mol. The Morgan fingerprint density at radius 2 is 2.17 bits per heavy atom. The average molecular weight is 500 g/mol. The summed E-state index contributed by atoms with van der Waals surface area (Å²) >= 11 is 0. The van der Waals surface area contributed by atoms with E-state index in [2.05, 4.69) is 39.7 Å². The molecule has 3 N–H and O–H groups in total. The summed E-state index contributed by atoms with van der Waals surface area (Å²) < 4.78 is 20.8. The maximum atomic E-state index is 13.4. The van der Waals surface area contributed by atoms with Gasteiger partial charge in [0.05, 0.1) is 17.2 Å². The minimum atomic E-state index is -1.02. The Morgan fingerprint density at radius 3 is 2.81 bits per heavy atom. The van der Waals surface area contributed by atoms with E-state index in [1.165, 1.54) is 5.01 Å². The first kappa shape index (κ1) is 25.6. The fraction of sp³-hybridized carbons (Fsp3) is 0.520. The van der Waals surface area contributed by atoms with Crippen LogP contribution in [-0.2, 0) is 9.53 Å². The zero-order valence-electron chi connectivity index (χ0n) is 21.2. The second-order valence-electron chi connectivity index (χ2n) is 9.69. The summed E-state index contributed by atoms with van der Waals surface area (Å²) in [6, 6.07) is 3.09. The maximum absolute atomic E-state index is 13.4. The summed E-state index contributed by atoms with van der Waals surface area (Å²) in [4.78, 5) is 30.4. The average Bonchev–Trinajstić information content (AvgIpc) is 3.57. The minimum Gasteiger partial charge on any atom is -0.378 e. The number of aromatic nitrogens is 1. The molecule has 2 heterocycles. The Balaban J connectivity index is 1.60. The number of nitrogens with zero attached hydrogens (tertiary/aromatic N) is 4. The number of amidine groups is 1. The molecule has 194 valence electrons. The molecule has 1 unspecified atom stereocenters. The summed E-state index contributed by atoms with van der Waals surface area (Å²) in [6.45, 7) is 7.27. The van der Waals surface area contributed by atoms with Gasteiger partial charge in [0.1, 0.15) is 23.5 Å². The van der Waals surface area contributed by atoms with E-state index in [1.54, 1.807) is 44.0 Å². The number of carbonyl (C=O) groups excluding carboxylic acids is 1. The van der Waals surface area contributed by atoms with Crippen LogP contribution in [0.25, 0.3) is 0 Å². The number of alkyl halides is 1. The lowest BCUT2D eigenvalue weighted by molar-refractivity contribution is -0.117. The fourth-order valence-corrected chi connectivity index (χ4v) is 4.72. The van der Waals surface area contributed by atoms with Gasteiger partial charge >= 0.3 is 0 Å². The van der Waals surface area contributed by atoms with E-state index in [-0.39, 0.29) is 22.8 Å². The molecule has 36 heavy (non-hydrogen) atoms. The molecule has 2 aliphatic carbocycles. The van der Waals surface area contributed by atoms with Crippen LogP contribution in [-0.4, -0.2) is 60.0 Å². The molecule has 2 saturated carbocycles. The van der Waals surface area contributed by atoms with Crippen LogP contribution in [0, 0.1) is 0 Å². The maximum Gasteiger partial charge on any atom is 0.274 e. The van der Waals surface area contributed by atoms with Crippen LogP contribution in [0.1, 0.15) is 52.0 Å². The van der Waals surface area contributed by atoms with Crippen molar-refractivity contribution in [3.8, 4) is 0 Å². The van der Waals surface area contributed by atoms with Crippen molar-refractivity contribution in [1.29, 1.82) is 0 Å². The lowest BCUT2D eigenvalue weighted by Crippen LogP contribution is -2.42. The highest BCUT2D eigenvalue weighted by Gasteiger charge is 2.39. The lowest BCUT2D eigenvalue weighted by atomic mass is 9.83. The number of nitrogens with one attached hydrogen (secondary N) is 3. The molecule has 3 aliphatic rings. The first-order chi connectivity index (χ1) is 17.2. The van der Waals surface area contributed by atoms with Crippen LogP contribution < -0.4 is 21.5 Å². The van der Waals surface area contributed by atoms with Crippen molar-refractivity contribution in [2.45, 2.75) is 69.8 Å². The number of anilines is 1. The summed E-state index contributed by atoms with van der Waals surface area (Å²) in [5.41, 5.74) is 0.234. The van der Waals surface area contributed by atoms with Gasteiger partial charge in [-0.1, -0.05) is 0 Å². The zero-order chi connectivity index (χ0) is 26.0. The van der Waals surface area contributed by atoms with Gasteiger partial charge in [0.15, 0.2) is 5.84 Å². The molecule has 0 radical (unpaired) electrons. The molecule has 0 aromatic carbocycles. The number of amides is 1. The van der Waals surface area contributed by atoms with E-state index in [1.807, 2.05) is 6.07 Å². The van der Waals surface area contributed by atoms with Crippen molar-refractivity contribution in [3.05, 3.63) is 52.0 Å². The largest absolute Gasteiger partial charge is 0.378 e. The third-order valence-electron chi connectivity index (χ3n) is 7.09. The predicted octanol–water partition coefficient (Wildman–Crippen LogP) is 2.63. The summed E-state index contributed by atoms with van der Waals surface area (Å²) in [7, 11) is 3.30. The molecule has 11 heteroatoms. The van der Waals surface area contributed by atoms with Crippen LogP contribution in [0.2, 0.25) is 0 Å². The van der Waals surface area contributed by atoms with Crippen LogP contribution in [0.4, 0.5) is 10.1 Å². The number of halogens is 1. The Labute approximate surface area is 210 Å². The third kappa shape index (κ3) is 5.20. The molecule has 10 nitrogen and oxygen atoms in total. The van der Waals surface area contributed by atoms with Gasteiger partial charge in [0.25, 0.3) is 11.5 Å². The number of ether oxygens (including phenoxy) is 1. The van der Waals surface area contributed by atoms with Crippen molar-refractivity contribution in [3.63, 3.8) is 0 Å². The molecule has 1 amide bonds. The molecule has 1 aromatic heterocycles. The standard InChI is InChI=1S/C25H34FN7O3/c1-15(23(34)30-19-12-17(19)26)22-31-20(13-21(27-3)33(22)28-4)29-18-9-7-11-32(24(18)35)16-8-6-10-25(2,14-16)36-5/h7,9,11,13,16-17,19,29,31H,4,6,8,10,12,14H2,1-3,5H3,(H,30,34)/b22-15+,27-21?/t16?,17-,19+,25+/m0/s1. The van der Waals surface area contributed by atoms with E-state index in [0.29, 0.717) is 29.6 Å². The monoisotopic (exact) mass is 499 g/mol. The lowest BCUT2D eigenvalue weighted by Gasteiger charge is -2.37. The summed E-state index contributed by atoms with van der Waals surface area (Å²) in [6.07, 6.45) is 6.36. The molecule has 0 spiro atoms. The SMILES string of the molecule is C=NN1C(=NC)C=C(Nc2cccn(C3CCC[C@@](C)(OC)C3)c2=O)N/C1=C(/C)C(=O)N[C@@H]1C[C@@H]1F. The number of hydrazone groups is 1. The molecule has 4 rings (SSSR count). The molecule has 1 aromatic rings. The molecule has 2 fully saturated rings. The van der Waals surface area contributed by atoms with Crippen molar-refractivity contribution in [1.82, 2.24) is 20.2 Å². The number of carbonyl (C=O) groups is 1. The smallest absolute Gasteiger partial charge is 0.274 e. The Hall–Kier alpha value is -3.47. The first-order valence-electron chi connectivity index (χ1n) is 12.1. The number of pyridine rings is 1. The van der Waals surface area contributed by atoms with Gasteiger partial charge in [-0.2, -0.15) is 10.1 Å². The Bertz CT molecular complexity index is 1190. The van der Waals surface area contributed by atoms with E-state index in [4.69, 9.17) is 4.74 Å². The molecule has 1 aliphatic heterocycles. The highest BCUT2D eigenvalue weighted by molar-refractivity contribution is 5.99. The number of aliphatic imine (C=N–C) groups is 1. The van der Waals surface area contributed by atoms with Crippen molar-refractivity contribution in [2.24, 2.45) is 10.1 Å². The van der Waals surface area contributed by atoms with Gasteiger partial charge in [-0.25, -0.2) is 4.39 Å². The first-order valence-corrected chi connectivity index (χ1v) is 12.1. The second kappa shape index (κ2) is 10.3. The molecular formula is C25H34FN7O3. The van der Waals surface area contributed by atoms with Crippen LogP contribution in [0.5, 0.6) is 0 Å². The molecule has 0 saturated heterocycles. The van der Waals surface area contributed by atoms with Gasteiger partial charge < -0.3 is 25.3 Å². The van der Waals surface area contributed by atoms with Crippen molar-refractivity contribution < 1.29 is 13.9 Å². The third-order valence-corrected chi connectivity index (χ3v) is 7.09. The highest BCUT2D eigenvalue weighted by Crippen LogP contribution is 2.36. The Kier molecular flexibility index (Phi) is 7.30. The number of rotatable bonds is 7. The minimum absolute atomic E-state index is 0.0302. The molecule has 0 bridgehead atoms. The van der Waals surface area contributed by atoms with E-state index >= 15 is 0 Å². The zero-order valence-corrected chi connectivity index (χ0v) is 21.2. The van der Waals surface area contributed by atoms with Crippen LogP contribution in [0.3, 0.4) is 0 Å². The van der Waals surface area contributed by atoms with Crippen LogP contribution in [0.15, 0.2) is 56.5 Å². The van der Waals surface area contributed by atoms with Gasteiger partial charge in [-0.05, 0) is 51.7 Å². The van der Waals surface area contributed by atoms with Crippen molar-refractivity contribution >= 4 is 24.1 Å². The normalized spacial score (nSPS) is 30.2. The summed E-state index contributed by atoms with van der Waals surface area (Å²) in [5.74, 6) is 0.729. The number of methoxy groups -OCH3 is 1. The fourth-order valence-electron chi connectivity index (χ4n) is 4.72. The quantitative estimate of drug-likeness (QED) is 0.393. The summed E-state index contributed by atoms with van der Waals surface area (Å²) in [5, 5.41) is 14.3. The predicted molar refractivity (Wildman–Crippen MR) is 137 cm³/mol. The highest BCUT2D eigenvalue weighted by atomic mass is 19.1. The van der Waals surface area contributed by atoms with Gasteiger partial charge in [-0.3, -0.25) is 14.6 Å². The van der Waals surface area contributed by atoms with E-state index in [9.17, 15) is 14.0 Å². The topological polar surface area (TPSA) is 112 Å².